The summed E-state index contributed by atoms with van der Waals surface area (Å²) in [5, 5.41) is 3.11. The lowest BCUT2D eigenvalue weighted by atomic mass is 9.95. The first-order valence-corrected chi connectivity index (χ1v) is 10.1. The summed E-state index contributed by atoms with van der Waals surface area (Å²) in [5.41, 5.74) is 4.29. The normalized spacial score (nSPS) is 12.0. The van der Waals surface area contributed by atoms with Crippen molar-refractivity contribution in [1.29, 1.82) is 0 Å². The Balaban J connectivity index is 1.77. The molecule has 0 fully saturated rings. The molecule has 0 unspecified atom stereocenters. The van der Waals surface area contributed by atoms with Crippen LogP contribution in [0.3, 0.4) is 0 Å². The number of pyridine rings is 1. The molecule has 28 heavy (non-hydrogen) atoms. The first-order valence-electron chi connectivity index (χ1n) is 10.1. The van der Waals surface area contributed by atoms with Crippen LogP contribution in [0.15, 0.2) is 79.1 Å². The third-order valence-corrected chi connectivity index (χ3v) is 5.43. The largest absolute Gasteiger partial charge is 0.320 e. The first kappa shape index (κ1) is 19.8. The summed E-state index contributed by atoms with van der Waals surface area (Å²) in [6.07, 6.45) is 6.29. The lowest BCUT2D eigenvalue weighted by molar-refractivity contribution is -0.705. The number of carbonyl (C=O) groups is 1. The lowest BCUT2D eigenvalue weighted by Crippen LogP contribution is -2.44. The maximum absolute atomic E-state index is 12.9. The number of hydrogen-bond donors (Lipinski definition) is 1. The van der Waals surface area contributed by atoms with Gasteiger partial charge in [-0.1, -0.05) is 62.4 Å². The molecule has 0 saturated heterocycles. The number of hydrogen-bond acceptors (Lipinski definition) is 1. The summed E-state index contributed by atoms with van der Waals surface area (Å²) in [6, 6.07) is 22.0. The molecule has 1 heterocycles. The topological polar surface area (TPSA) is 33.0 Å². The molecule has 0 aliphatic rings. The quantitative estimate of drug-likeness (QED) is 0.526. The SMILES string of the molecule is CCC(CC)c1cc[n+]([C@@H](C)C(=O)Nc2ccccc2-c2ccccc2)cc1. The van der Waals surface area contributed by atoms with Gasteiger partial charge in [-0.25, -0.2) is 0 Å². The molecule has 0 aliphatic heterocycles. The fraction of sp³-hybridized carbons (Fsp3) is 0.280. The van der Waals surface area contributed by atoms with Crippen molar-refractivity contribution in [3.63, 3.8) is 0 Å². The molecule has 2 aromatic carbocycles. The van der Waals surface area contributed by atoms with E-state index in [0.29, 0.717) is 5.92 Å². The Morgan fingerprint density at radius 2 is 1.50 bits per heavy atom. The van der Waals surface area contributed by atoms with Crippen molar-refractivity contribution >= 4 is 11.6 Å². The van der Waals surface area contributed by atoms with Crippen molar-refractivity contribution in [1.82, 2.24) is 0 Å². The summed E-state index contributed by atoms with van der Waals surface area (Å²) < 4.78 is 1.96. The summed E-state index contributed by atoms with van der Waals surface area (Å²) in [5.74, 6) is 0.556. The minimum absolute atomic E-state index is 0.0244. The lowest BCUT2D eigenvalue weighted by Gasteiger charge is -2.14. The van der Waals surface area contributed by atoms with Crippen molar-refractivity contribution in [2.45, 2.75) is 45.6 Å². The van der Waals surface area contributed by atoms with Gasteiger partial charge in [-0.2, -0.15) is 4.57 Å². The van der Waals surface area contributed by atoms with Crippen LogP contribution in [0.5, 0.6) is 0 Å². The fourth-order valence-corrected chi connectivity index (χ4v) is 3.57. The Kier molecular flexibility index (Phi) is 6.59. The van der Waals surface area contributed by atoms with E-state index in [-0.39, 0.29) is 11.9 Å². The van der Waals surface area contributed by atoms with E-state index in [1.165, 1.54) is 5.56 Å². The molecule has 0 saturated carbocycles. The van der Waals surface area contributed by atoms with Gasteiger partial charge in [0.15, 0.2) is 12.4 Å². The highest BCUT2D eigenvalue weighted by Crippen LogP contribution is 2.28. The molecule has 0 spiro atoms. The Labute approximate surface area is 168 Å². The van der Waals surface area contributed by atoms with Crippen molar-refractivity contribution < 1.29 is 9.36 Å². The van der Waals surface area contributed by atoms with Crippen LogP contribution >= 0.6 is 0 Å². The zero-order valence-electron chi connectivity index (χ0n) is 16.9. The fourth-order valence-electron chi connectivity index (χ4n) is 3.57. The molecule has 144 valence electrons. The molecule has 3 nitrogen and oxygen atoms in total. The summed E-state index contributed by atoms with van der Waals surface area (Å²) in [4.78, 5) is 12.9. The van der Waals surface area contributed by atoms with Crippen molar-refractivity contribution in [2.24, 2.45) is 0 Å². The van der Waals surface area contributed by atoms with Crippen LogP contribution < -0.4 is 9.88 Å². The number of nitrogens with zero attached hydrogens (tertiary/aromatic N) is 1. The minimum atomic E-state index is -0.292. The van der Waals surface area contributed by atoms with Gasteiger partial charge in [0.25, 0.3) is 5.91 Å². The molecule has 1 atom stereocenters. The number of para-hydroxylation sites is 1. The molecule has 3 aromatic rings. The van der Waals surface area contributed by atoms with Crippen LogP contribution in [0.4, 0.5) is 5.69 Å². The van der Waals surface area contributed by atoms with Gasteiger partial charge in [-0.3, -0.25) is 4.79 Å². The van der Waals surface area contributed by atoms with Gasteiger partial charge < -0.3 is 5.32 Å². The van der Waals surface area contributed by atoms with E-state index in [9.17, 15) is 4.79 Å². The van der Waals surface area contributed by atoms with Crippen molar-refractivity contribution in [3.8, 4) is 11.1 Å². The monoisotopic (exact) mass is 373 g/mol. The molecule has 1 aromatic heterocycles. The number of amides is 1. The smallest absolute Gasteiger partial charge is 0.293 e. The van der Waals surface area contributed by atoms with E-state index in [4.69, 9.17) is 0 Å². The van der Waals surface area contributed by atoms with E-state index >= 15 is 0 Å². The van der Waals surface area contributed by atoms with Gasteiger partial charge in [0.05, 0.1) is 0 Å². The molecule has 3 rings (SSSR count). The Hall–Kier alpha value is -2.94. The molecule has 0 radical (unpaired) electrons. The van der Waals surface area contributed by atoms with Crippen LogP contribution in [0.25, 0.3) is 11.1 Å². The highest BCUT2D eigenvalue weighted by molar-refractivity contribution is 5.96. The van der Waals surface area contributed by atoms with E-state index in [1.54, 1.807) is 0 Å². The zero-order valence-corrected chi connectivity index (χ0v) is 16.9. The molecule has 0 bridgehead atoms. The molecule has 1 amide bonds. The third-order valence-electron chi connectivity index (χ3n) is 5.43. The summed E-state index contributed by atoms with van der Waals surface area (Å²) in [6.45, 7) is 6.36. The van der Waals surface area contributed by atoms with Gasteiger partial charge in [-0.15, -0.1) is 0 Å². The first-order chi connectivity index (χ1) is 13.6. The third kappa shape index (κ3) is 4.48. The highest BCUT2D eigenvalue weighted by atomic mass is 16.2. The van der Waals surface area contributed by atoms with Crippen molar-refractivity contribution in [3.05, 3.63) is 84.7 Å². The van der Waals surface area contributed by atoms with Gasteiger partial charge in [-0.05, 0) is 36.0 Å². The van der Waals surface area contributed by atoms with Gasteiger partial charge >= 0.3 is 0 Å². The van der Waals surface area contributed by atoms with Gasteiger partial charge in [0, 0.05) is 30.3 Å². The molecular weight excluding hydrogens is 344 g/mol. The van der Waals surface area contributed by atoms with Crippen molar-refractivity contribution in [2.75, 3.05) is 5.32 Å². The predicted octanol–water partition coefficient (Wildman–Crippen LogP) is 5.74. The summed E-state index contributed by atoms with van der Waals surface area (Å²) >= 11 is 0. The Bertz CT molecular complexity index is 899. The number of benzene rings is 2. The molecule has 0 aliphatic carbocycles. The number of carbonyl (C=O) groups excluding carboxylic acids is 1. The predicted molar refractivity (Wildman–Crippen MR) is 115 cm³/mol. The van der Waals surface area contributed by atoms with E-state index < -0.39 is 0 Å². The van der Waals surface area contributed by atoms with Gasteiger partial charge in [0.2, 0.25) is 6.04 Å². The van der Waals surface area contributed by atoms with Gasteiger partial charge in [0.1, 0.15) is 0 Å². The maximum Gasteiger partial charge on any atom is 0.293 e. The van der Waals surface area contributed by atoms with Crippen LogP contribution in [0, 0.1) is 0 Å². The maximum atomic E-state index is 12.9. The van der Waals surface area contributed by atoms with Crippen LogP contribution in [-0.2, 0) is 4.79 Å². The Morgan fingerprint density at radius 1 is 0.893 bits per heavy atom. The minimum Gasteiger partial charge on any atom is -0.320 e. The second kappa shape index (κ2) is 9.32. The second-order valence-electron chi connectivity index (χ2n) is 7.17. The summed E-state index contributed by atoms with van der Waals surface area (Å²) in [7, 11) is 0. The molecule has 1 N–H and O–H groups in total. The van der Waals surface area contributed by atoms with E-state index in [0.717, 1.165) is 29.7 Å². The number of nitrogens with one attached hydrogen (secondary N) is 1. The molecule has 3 heteroatoms. The molecular formula is C25H29N2O+. The number of anilines is 1. The van der Waals surface area contributed by atoms with E-state index in [2.05, 4.69) is 43.4 Å². The van der Waals surface area contributed by atoms with E-state index in [1.807, 2.05) is 66.3 Å². The number of rotatable bonds is 7. The standard InChI is InChI=1S/C25H28N2O/c1-4-20(5-2)21-15-17-27(18-16-21)19(3)25(28)26-24-14-10-9-13-23(24)22-11-7-6-8-12-22/h6-20H,4-5H2,1-3H3/p+1/t19-/m0/s1. The number of aromatic nitrogens is 1. The average molecular weight is 374 g/mol. The van der Waals surface area contributed by atoms with Crippen LogP contribution in [-0.4, -0.2) is 5.91 Å². The highest BCUT2D eigenvalue weighted by Gasteiger charge is 2.23. The van der Waals surface area contributed by atoms with Crippen LogP contribution in [0.1, 0.15) is 51.1 Å². The average Bonchev–Trinajstić information content (AvgIpc) is 2.75. The Morgan fingerprint density at radius 3 is 2.14 bits per heavy atom. The zero-order chi connectivity index (χ0) is 19.9. The second-order valence-corrected chi connectivity index (χ2v) is 7.17. The van der Waals surface area contributed by atoms with Crippen LogP contribution in [0.2, 0.25) is 0 Å².